The van der Waals surface area contributed by atoms with Crippen molar-refractivity contribution in [1.29, 1.82) is 0 Å². The largest absolute Gasteiger partial charge is 0.418 e. The molecule has 1 heterocycles. The van der Waals surface area contributed by atoms with Crippen LogP contribution in [0.2, 0.25) is 5.02 Å². The number of benzene rings is 2. The number of piperazine rings is 1. The molecule has 4 nitrogen and oxygen atoms in total. The van der Waals surface area contributed by atoms with Crippen molar-refractivity contribution in [3.63, 3.8) is 0 Å². The first-order valence-electron chi connectivity index (χ1n) is 8.29. The standard InChI is InChI=1S/C18H18ClF3N2O2S/c1-13-12-23(17-5-3-2-4-16(17)18(20,21)22)10-11-24(13)27(25,26)15-8-6-14(19)7-9-15/h2-9,13H,10-12H2,1H3/t13-/m1/s1. The fourth-order valence-electron chi connectivity index (χ4n) is 3.25. The molecule has 2 aromatic carbocycles. The lowest BCUT2D eigenvalue weighted by molar-refractivity contribution is -0.137. The summed E-state index contributed by atoms with van der Waals surface area (Å²) in [6, 6.07) is 10.7. The van der Waals surface area contributed by atoms with Gasteiger partial charge in [-0.25, -0.2) is 8.42 Å². The predicted octanol–water partition coefficient (Wildman–Crippen LogP) is 4.26. The highest BCUT2D eigenvalue weighted by molar-refractivity contribution is 7.89. The summed E-state index contributed by atoms with van der Waals surface area (Å²) in [6.07, 6.45) is -4.47. The molecule has 0 saturated carbocycles. The minimum atomic E-state index is -4.47. The third kappa shape index (κ3) is 4.07. The third-order valence-corrected chi connectivity index (χ3v) is 6.82. The molecule has 9 heteroatoms. The van der Waals surface area contributed by atoms with E-state index in [-0.39, 0.29) is 30.2 Å². The van der Waals surface area contributed by atoms with Crippen LogP contribution < -0.4 is 4.90 Å². The van der Waals surface area contributed by atoms with E-state index < -0.39 is 27.8 Å². The number of hydrogen-bond acceptors (Lipinski definition) is 3. The van der Waals surface area contributed by atoms with E-state index in [9.17, 15) is 21.6 Å². The van der Waals surface area contributed by atoms with Gasteiger partial charge in [0.1, 0.15) is 0 Å². The molecule has 1 atom stereocenters. The minimum absolute atomic E-state index is 0.0698. The molecule has 2 aromatic rings. The Morgan fingerprint density at radius 3 is 2.26 bits per heavy atom. The number of alkyl halides is 3. The first-order chi connectivity index (χ1) is 12.6. The van der Waals surface area contributed by atoms with E-state index in [1.165, 1.54) is 40.7 Å². The summed E-state index contributed by atoms with van der Waals surface area (Å²) in [5.41, 5.74) is -0.647. The maximum absolute atomic E-state index is 13.3. The lowest BCUT2D eigenvalue weighted by Gasteiger charge is -2.40. The van der Waals surface area contributed by atoms with Gasteiger partial charge < -0.3 is 4.90 Å². The molecule has 1 fully saturated rings. The highest BCUT2D eigenvalue weighted by Gasteiger charge is 2.38. The Balaban J connectivity index is 1.84. The van der Waals surface area contributed by atoms with Crippen LogP contribution in [0.15, 0.2) is 53.4 Å². The zero-order valence-electron chi connectivity index (χ0n) is 14.4. The van der Waals surface area contributed by atoms with E-state index in [1.807, 2.05) is 0 Å². The summed E-state index contributed by atoms with van der Waals surface area (Å²) in [5.74, 6) is 0. The summed E-state index contributed by atoms with van der Waals surface area (Å²) in [7, 11) is -3.75. The Bertz CT molecular complexity index is 917. The van der Waals surface area contributed by atoms with Crippen molar-refractivity contribution in [1.82, 2.24) is 4.31 Å². The number of hydrogen-bond donors (Lipinski definition) is 0. The highest BCUT2D eigenvalue weighted by Crippen LogP contribution is 2.37. The smallest absolute Gasteiger partial charge is 0.368 e. The second-order valence-electron chi connectivity index (χ2n) is 6.38. The number of anilines is 1. The quantitative estimate of drug-likeness (QED) is 0.747. The van der Waals surface area contributed by atoms with Gasteiger partial charge in [0.05, 0.1) is 10.5 Å². The normalized spacial score (nSPS) is 19.3. The fraction of sp³-hybridized carbons (Fsp3) is 0.333. The summed E-state index contributed by atoms with van der Waals surface area (Å²) in [4.78, 5) is 1.70. The van der Waals surface area contributed by atoms with E-state index in [4.69, 9.17) is 11.6 Å². The van der Waals surface area contributed by atoms with Crippen LogP contribution in [0.1, 0.15) is 12.5 Å². The van der Waals surface area contributed by atoms with Crippen LogP contribution in [0, 0.1) is 0 Å². The molecular weight excluding hydrogens is 401 g/mol. The van der Waals surface area contributed by atoms with Gasteiger partial charge in [0.15, 0.2) is 0 Å². The van der Waals surface area contributed by atoms with E-state index in [0.29, 0.717) is 5.02 Å². The summed E-state index contributed by atoms with van der Waals surface area (Å²) in [5, 5.41) is 0.426. The molecule has 3 rings (SSSR count). The lowest BCUT2D eigenvalue weighted by atomic mass is 10.1. The van der Waals surface area contributed by atoms with Crippen LogP contribution in [-0.2, 0) is 16.2 Å². The Labute approximate surface area is 161 Å². The highest BCUT2D eigenvalue weighted by atomic mass is 35.5. The second-order valence-corrected chi connectivity index (χ2v) is 8.71. The zero-order valence-corrected chi connectivity index (χ0v) is 16.0. The lowest BCUT2D eigenvalue weighted by Crippen LogP contribution is -2.54. The van der Waals surface area contributed by atoms with Gasteiger partial charge in [-0.2, -0.15) is 17.5 Å². The molecule has 0 radical (unpaired) electrons. The Morgan fingerprint density at radius 1 is 1.04 bits per heavy atom. The predicted molar refractivity (Wildman–Crippen MR) is 98.5 cm³/mol. The average molecular weight is 419 g/mol. The van der Waals surface area contributed by atoms with Crippen LogP contribution in [0.4, 0.5) is 18.9 Å². The summed E-state index contributed by atoms with van der Waals surface area (Å²) in [6.45, 7) is 2.12. The fourth-order valence-corrected chi connectivity index (χ4v) is 4.99. The minimum Gasteiger partial charge on any atom is -0.368 e. The van der Waals surface area contributed by atoms with Gasteiger partial charge >= 0.3 is 6.18 Å². The van der Waals surface area contributed by atoms with Crippen molar-refractivity contribution >= 4 is 27.3 Å². The molecule has 0 N–H and O–H groups in total. The van der Waals surface area contributed by atoms with Crippen molar-refractivity contribution in [3.8, 4) is 0 Å². The molecule has 1 aliphatic heterocycles. The Kier molecular flexibility index (Phi) is 5.42. The van der Waals surface area contributed by atoms with Gasteiger partial charge in [-0.1, -0.05) is 23.7 Å². The maximum Gasteiger partial charge on any atom is 0.418 e. The Hall–Kier alpha value is -1.77. The molecule has 0 aliphatic carbocycles. The molecule has 0 aromatic heterocycles. The van der Waals surface area contributed by atoms with Gasteiger partial charge in [0, 0.05) is 36.4 Å². The molecule has 1 aliphatic rings. The molecule has 0 amide bonds. The number of halogens is 4. The molecule has 0 unspecified atom stereocenters. The average Bonchev–Trinajstić information content (AvgIpc) is 2.61. The summed E-state index contributed by atoms with van der Waals surface area (Å²) >= 11 is 5.81. The van der Waals surface area contributed by atoms with Crippen LogP contribution >= 0.6 is 11.6 Å². The SMILES string of the molecule is C[C@@H]1CN(c2ccccc2C(F)(F)F)CCN1S(=O)(=O)c1ccc(Cl)cc1. The molecule has 1 saturated heterocycles. The van der Waals surface area contributed by atoms with Gasteiger partial charge in [-0.3, -0.25) is 0 Å². The second kappa shape index (κ2) is 7.33. The first-order valence-corrected chi connectivity index (χ1v) is 10.1. The van der Waals surface area contributed by atoms with Gasteiger partial charge in [0.2, 0.25) is 10.0 Å². The van der Waals surface area contributed by atoms with E-state index in [1.54, 1.807) is 17.9 Å². The van der Waals surface area contributed by atoms with Gasteiger partial charge in [-0.15, -0.1) is 0 Å². The van der Waals surface area contributed by atoms with Crippen LogP contribution in [-0.4, -0.2) is 38.4 Å². The van der Waals surface area contributed by atoms with Crippen molar-refractivity contribution in [3.05, 3.63) is 59.1 Å². The maximum atomic E-state index is 13.3. The van der Waals surface area contributed by atoms with Crippen molar-refractivity contribution in [2.45, 2.75) is 24.0 Å². The molecule has 0 spiro atoms. The van der Waals surface area contributed by atoms with Crippen LogP contribution in [0.3, 0.4) is 0 Å². The molecule has 146 valence electrons. The van der Waals surface area contributed by atoms with Crippen molar-refractivity contribution in [2.24, 2.45) is 0 Å². The van der Waals surface area contributed by atoms with E-state index >= 15 is 0 Å². The topological polar surface area (TPSA) is 40.6 Å². The van der Waals surface area contributed by atoms with Crippen LogP contribution in [0.5, 0.6) is 0 Å². The number of nitrogens with zero attached hydrogens (tertiary/aromatic N) is 2. The van der Waals surface area contributed by atoms with Gasteiger partial charge in [0.25, 0.3) is 0 Å². The third-order valence-electron chi connectivity index (χ3n) is 4.54. The number of sulfonamides is 1. The zero-order chi connectivity index (χ0) is 19.8. The van der Waals surface area contributed by atoms with Crippen LogP contribution in [0.25, 0.3) is 0 Å². The van der Waals surface area contributed by atoms with E-state index in [0.717, 1.165) is 6.07 Å². The summed E-state index contributed by atoms with van der Waals surface area (Å²) < 4.78 is 66.9. The van der Waals surface area contributed by atoms with Gasteiger partial charge in [-0.05, 0) is 43.3 Å². The van der Waals surface area contributed by atoms with Crippen molar-refractivity contribution in [2.75, 3.05) is 24.5 Å². The van der Waals surface area contributed by atoms with E-state index in [2.05, 4.69) is 0 Å². The van der Waals surface area contributed by atoms with Crippen molar-refractivity contribution < 1.29 is 21.6 Å². The number of rotatable bonds is 3. The monoisotopic (exact) mass is 418 g/mol. The number of para-hydroxylation sites is 1. The molecular formula is C18H18ClF3N2O2S. The molecule has 0 bridgehead atoms. The first kappa shape index (κ1) is 20.0. The molecule has 27 heavy (non-hydrogen) atoms. The Morgan fingerprint density at radius 2 is 1.67 bits per heavy atom.